The Morgan fingerprint density at radius 3 is 1.97 bits per heavy atom. The maximum Gasteiger partial charge on any atom is 0.326 e. The topological polar surface area (TPSA) is 105 Å². The van der Waals surface area contributed by atoms with Crippen molar-refractivity contribution in [3.05, 3.63) is 82.9 Å². The molecule has 0 aliphatic carbocycles. The third-order valence-electron chi connectivity index (χ3n) is 5.22. The van der Waals surface area contributed by atoms with Gasteiger partial charge in [0.2, 0.25) is 0 Å². The van der Waals surface area contributed by atoms with Gasteiger partial charge in [-0.25, -0.2) is 13.6 Å². The fourth-order valence-electron chi connectivity index (χ4n) is 3.53. The molecular formula is C25H23F2NO6. The van der Waals surface area contributed by atoms with Gasteiger partial charge < -0.3 is 25.0 Å². The second kappa shape index (κ2) is 10.8. The number of amides is 1. The number of nitrogens with one attached hydrogen (secondary N) is 1. The number of hydrogen-bond donors (Lipinski definition) is 3. The van der Waals surface area contributed by atoms with E-state index in [0.717, 1.165) is 18.2 Å². The Bertz CT molecular complexity index is 1150. The fraction of sp³-hybridized carbons (Fsp3) is 0.200. The standard InChI is InChI=1S/C25H23F2NO6/c1-33-20-11-15(13-29)12-21(34-2)22(20)16-8-6-14(7-9-16)10-19(25(31)32)28-24(30)23-17(26)4-3-5-18(23)27/h3-9,11-12,19,29H,10,13H2,1-2H3,(H,28,30)(H,31,32)/t19-/m0/s1. The van der Waals surface area contributed by atoms with E-state index in [4.69, 9.17) is 9.47 Å². The van der Waals surface area contributed by atoms with E-state index in [-0.39, 0.29) is 13.0 Å². The second-order valence-electron chi connectivity index (χ2n) is 7.40. The van der Waals surface area contributed by atoms with Crippen LogP contribution in [0.5, 0.6) is 11.5 Å². The molecule has 0 bridgehead atoms. The summed E-state index contributed by atoms with van der Waals surface area (Å²) in [6.07, 6.45) is -0.116. The van der Waals surface area contributed by atoms with Gasteiger partial charge in [-0.05, 0) is 41.0 Å². The fourth-order valence-corrected chi connectivity index (χ4v) is 3.53. The Kier molecular flexibility index (Phi) is 7.80. The van der Waals surface area contributed by atoms with Crippen LogP contribution < -0.4 is 14.8 Å². The molecule has 1 atom stereocenters. The minimum atomic E-state index is -1.41. The zero-order valence-corrected chi connectivity index (χ0v) is 18.5. The van der Waals surface area contributed by atoms with Gasteiger partial charge in [0.15, 0.2) is 0 Å². The third-order valence-corrected chi connectivity index (χ3v) is 5.22. The summed E-state index contributed by atoms with van der Waals surface area (Å²) in [6, 6.07) is 11.7. The minimum Gasteiger partial charge on any atom is -0.496 e. The Morgan fingerprint density at radius 2 is 1.50 bits per heavy atom. The molecule has 3 rings (SSSR count). The first-order valence-electron chi connectivity index (χ1n) is 10.2. The molecule has 3 N–H and O–H groups in total. The number of benzene rings is 3. The third kappa shape index (κ3) is 5.32. The summed E-state index contributed by atoms with van der Waals surface area (Å²) in [6.45, 7) is -0.189. The van der Waals surface area contributed by atoms with Gasteiger partial charge in [0.25, 0.3) is 5.91 Å². The van der Waals surface area contributed by atoms with Crippen LogP contribution in [0.2, 0.25) is 0 Å². The summed E-state index contributed by atoms with van der Waals surface area (Å²) in [5.41, 5.74) is 1.70. The smallest absolute Gasteiger partial charge is 0.326 e. The van der Waals surface area contributed by atoms with E-state index in [9.17, 15) is 28.6 Å². The quantitative estimate of drug-likeness (QED) is 0.441. The average Bonchev–Trinajstić information content (AvgIpc) is 2.83. The van der Waals surface area contributed by atoms with Crippen molar-refractivity contribution in [1.29, 1.82) is 0 Å². The predicted molar refractivity (Wildman–Crippen MR) is 120 cm³/mol. The molecule has 1 amide bonds. The van der Waals surface area contributed by atoms with E-state index in [2.05, 4.69) is 5.32 Å². The molecule has 0 aliphatic heterocycles. The minimum absolute atomic E-state index is 0.116. The van der Waals surface area contributed by atoms with Gasteiger partial charge in [0.05, 0.1) is 26.4 Å². The van der Waals surface area contributed by atoms with Crippen molar-refractivity contribution in [2.75, 3.05) is 14.2 Å². The molecule has 0 heterocycles. The number of carbonyl (C=O) groups excluding carboxylic acids is 1. The maximum atomic E-state index is 13.9. The molecule has 34 heavy (non-hydrogen) atoms. The zero-order chi connectivity index (χ0) is 24.8. The Labute approximate surface area is 194 Å². The van der Waals surface area contributed by atoms with Crippen molar-refractivity contribution >= 4 is 11.9 Å². The molecule has 0 aliphatic rings. The number of carbonyl (C=O) groups is 2. The summed E-state index contributed by atoms with van der Waals surface area (Å²) in [5.74, 6) is -3.70. The van der Waals surface area contributed by atoms with E-state index in [1.807, 2.05) is 0 Å². The Hall–Kier alpha value is -3.98. The largest absolute Gasteiger partial charge is 0.496 e. The van der Waals surface area contributed by atoms with Crippen molar-refractivity contribution in [2.45, 2.75) is 19.1 Å². The van der Waals surface area contributed by atoms with Crippen molar-refractivity contribution < 1.29 is 38.1 Å². The molecule has 3 aromatic rings. The highest BCUT2D eigenvalue weighted by atomic mass is 19.1. The molecule has 0 saturated heterocycles. The van der Waals surface area contributed by atoms with E-state index in [1.54, 1.807) is 36.4 Å². The van der Waals surface area contributed by atoms with Crippen LogP contribution >= 0.6 is 0 Å². The van der Waals surface area contributed by atoms with Crippen LogP contribution in [0.4, 0.5) is 8.78 Å². The molecule has 178 valence electrons. The highest BCUT2D eigenvalue weighted by Crippen LogP contribution is 2.39. The number of halogens is 2. The lowest BCUT2D eigenvalue weighted by molar-refractivity contribution is -0.139. The highest BCUT2D eigenvalue weighted by Gasteiger charge is 2.25. The number of carboxylic acid groups (broad SMARTS) is 1. The van der Waals surface area contributed by atoms with E-state index >= 15 is 0 Å². The van der Waals surface area contributed by atoms with Crippen molar-refractivity contribution in [3.8, 4) is 22.6 Å². The zero-order valence-electron chi connectivity index (χ0n) is 18.5. The summed E-state index contributed by atoms with van der Waals surface area (Å²) in [7, 11) is 2.98. The number of hydrogen-bond acceptors (Lipinski definition) is 5. The number of methoxy groups -OCH3 is 2. The van der Waals surface area contributed by atoms with Crippen LogP contribution in [0.25, 0.3) is 11.1 Å². The number of rotatable bonds is 9. The van der Waals surface area contributed by atoms with E-state index in [1.165, 1.54) is 14.2 Å². The number of ether oxygens (including phenoxy) is 2. The molecule has 0 fully saturated rings. The average molecular weight is 471 g/mol. The summed E-state index contributed by atoms with van der Waals surface area (Å²) in [4.78, 5) is 24.0. The maximum absolute atomic E-state index is 13.9. The normalized spacial score (nSPS) is 11.6. The summed E-state index contributed by atoms with van der Waals surface area (Å²) in [5, 5.41) is 21.1. The molecule has 0 aromatic heterocycles. The van der Waals surface area contributed by atoms with Gasteiger partial charge in [-0.2, -0.15) is 0 Å². The van der Waals surface area contributed by atoms with E-state index < -0.39 is 35.1 Å². The van der Waals surface area contributed by atoms with Gasteiger partial charge in [-0.3, -0.25) is 4.79 Å². The van der Waals surface area contributed by atoms with Gasteiger partial charge in [0, 0.05) is 6.42 Å². The summed E-state index contributed by atoms with van der Waals surface area (Å²) >= 11 is 0. The van der Waals surface area contributed by atoms with Crippen LogP contribution in [0, 0.1) is 11.6 Å². The number of carboxylic acids is 1. The molecule has 0 radical (unpaired) electrons. The summed E-state index contributed by atoms with van der Waals surface area (Å²) < 4.78 is 38.6. The van der Waals surface area contributed by atoms with Crippen LogP contribution in [-0.2, 0) is 17.8 Å². The van der Waals surface area contributed by atoms with Gasteiger partial charge in [-0.15, -0.1) is 0 Å². The molecule has 3 aromatic carbocycles. The molecule has 7 nitrogen and oxygen atoms in total. The van der Waals surface area contributed by atoms with Gasteiger partial charge in [0.1, 0.15) is 34.7 Å². The van der Waals surface area contributed by atoms with Gasteiger partial charge >= 0.3 is 5.97 Å². The molecule has 0 spiro atoms. The van der Waals surface area contributed by atoms with Crippen LogP contribution in [0.3, 0.4) is 0 Å². The molecular weight excluding hydrogens is 448 g/mol. The highest BCUT2D eigenvalue weighted by molar-refractivity contribution is 5.97. The molecule has 9 heteroatoms. The monoisotopic (exact) mass is 471 g/mol. The Morgan fingerprint density at radius 1 is 0.941 bits per heavy atom. The van der Waals surface area contributed by atoms with Crippen molar-refractivity contribution in [3.63, 3.8) is 0 Å². The van der Waals surface area contributed by atoms with Crippen LogP contribution in [-0.4, -0.2) is 42.4 Å². The van der Waals surface area contributed by atoms with Crippen molar-refractivity contribution in [1.82, 2.24) is 5.32 Å². The first-order chi connectivity index (χ1) is 16.3. The lowest BCUT2D eigenvalue weighted by Gasteiger charge is -2.17. The number of aliphatic carboxylic acids is 1. The number of aliphatic hydroxyl groups is 1. The van der Waals surface area contributed by atoms with Crippen LogP contribution in [0.15, 0.2) is 54.6 Å². The van der Waals surface area contributed by atoms with E-state index in [0.29, 0.717) is 33.8 Å². The first kappa shape index (κ1) is 24.7. The SMILES string of the molecule is COc1cc(CO)cc(OC)c1-c1ccc(C[C@H](NC(=O)c2c(F)cccc2F)C(=O)O)cc1. The lowest BCUT2D eigenvalue weighted by atomic mass is 9.98. The van der Waals surface area contributed by atoms with Crippen molar-refractivity contribution in [2.24, 2.45) is 0 Å². The van der Waals surface area contributed by atoms with Crippen LogP contribution in [0.1, 0.15) is 21.5 Å². The molecule has 0 saturated carbocycles. The predicted octanol–water partition coefficient (Wildman–Crippen LogP) is 3.57. The lowest BCUT2D eigenvalue weighted by Crippen LogP contribution is -2.42. The Balaban J connectivity index is 1.84. The second-order valence-corrected chi connectivity index (χ2v) is 7.40. The molecule has 0 unspecified atom stereocenters. The number of aliphatic hydroxyl groups excluding tert-OH is 1. The van der Waals surface area contributed by atoms with Gasteiger partial charge in [-0.1, -0.05) is 30.3 Å². The first-order valence-corrected chi connectivity index (χ1v) is 10.2.